The van der Waals surface area contributed by atoms with E-state index in [1.165, 1.54) is 0 Å². The topological polar surface area (TPSA) is 66.5 Å². The Morgan fingerprint density at radius 3 is 2.68 bits per heavy atom. The van der Waals surface area contributed by atoms with Crippen molar-refractivity contribution < 1.29 is 13.2 Å². The summed E-state index contributed by atoms with van der Waals surface area (Å²) < 4.78 is 23.0. The number of nitrogens with one attached hydrogen (secondary N) is 1. The molecule has 2 atom stereocenters. The highest BCUT2D eigenvalue weighted by atomic mass is 32.2. The summed E-state index contributed by atoms with van der Waals surface area (Å²) in [5, 5.41) is 3.46. The molecule has 1 aliphatic carbocycles. The standard InChI is InChI=1S/C13H22N2O3S/c1-2-3-11-14-13(5-6-13)12(16)15(11)8-10-4-7-19(17,18)9-10/h10-11,14H,2-9H2,1H3. The zero-order chi connectivity index (χ0) is 13.7. The van der Waals surface area contributed by atoms with Gasteiger partial charge in [0.15, 0.2) is 9.84 Å². The van der Waals surface area contributed by atoms with E-state index in [0.29, 0.717) is 13.0 Å². The summed E-state index contributed by atoms with van der Waals surface area (Å²) in [4.78, 5) is 14.4. The number of carbonyl (C=O) groups is 1. The van der Waals surface area contributed by atoms with Crippen molar-refractivity contribution in [3.63, 3.8) is 0 Å². The zero-order valence-electron chi connectivity index (χ0n) is 11.4. The van der Waals surface area contributed by atoms with Crippen LogP contribution in [0.15, 0.2) is 0 Å². The maximum Gasteiger partial charge on any atom is 0.244 e. The first-order valence-electron chi connectivity index (χ1n) is 7.25. The third-order valence-electron chi connectivity index (χ3n) is 4.58. The second kappa shape index (κ2) is 4.45. The van der Waals surface area contributed by atoms with Gasteiger partial charge in [0.2, 0.25) is 5.91 Å². The molecule has 3 fully saturated rings. The Labute approximate surface area is 114 Å². The molecule has 0 aromatic heterocycles. The first-order chi connectivity index (χ1) is 8.96. The highest BCUT2D eigenvalue weighted by Crippen LogP contribution is 2.43. The minimum Gasteiger partial charge on any atom is -0.325 e. The first-order valence-corrected chi connectivity index (χ1v) is 9.07. The number of carbonyl (C=O) groups excluding carboxylic acids is 1. The molecule has 1 saturated carbocycles. The van der Waals surface area contributed by atoms with Gasteiger partial charge in [0, 0.05) is 6.54 Å². The van der Waals surface area contributed by atoms with Crippen molar-refractivity contribution in [3.8, 4) is 0 Å². The van der Waals surface area contributed by atoms with Gasteiger partial charge in [-0.1, -0.05) is 13.3 Å². The number of nitrogens with zero attached hydrogens (tertiary/aromatic N) is 1. The van der Waals surface area contributed by atoms with E-state index in [4.69, 9.17) is 0 Å². The Bertz CT molecular complexity index is 484. The van der Waals surface area contributed by atoms with Crippen LogP contribution in [-0.2, 0) is 14.6 Å². The normalized spacial score (nSPS) is 35.2. The maximum atomic E-state index is 12.4. The van der Waals surface area contributed by atoms with E-state index in [1.54, 1.807) is 0 Å². The van der Waals surface area contributed by atoms with Crippen molar-refractivity contribution in [1.29, 1.82) is 0 Å². The number of sulfone groups is 1. The van der Waals surface area contributed by atoms with Crippen molar-refractivity contribution in [1.82, 2.24) is 10.2 Å². The Balaban J connectivity index is 1.69. The number of hydrogen-bond donors (Lipinski definition) is 1. The maximum absolute atomic E-state index is 12.4. The number of hydrogen-bond acceptors (Lipinski definition) is 4. The summed E-state index contributed by atoms with van der Waals surface area (Å²) in [6.07, 6.45) is 4.67. The van der Waals surface area contributed by atoms with Gasteiger partial charge >= 0.3 is 0 Å². The van der Waals surface area contributed by atoms with Crippen LogP contribution in [0.4, 0.5) is 0 Å². The third-order valence-corrected chi connectivity index (χ3v) is 6.42. The largest absolute Gasteiger partial charge is 0.325 e. The highest BCUT2D eigenvalue weighted by molar-refractivity contribution is 7.91. The molecule has 19 heavy (non-hydrogen) atoms. The van der Waals surface area contributed by atoms with Gasteiger partial charge in [-0.15, -0.1) is 0 Å². The van der Waals surface area contributed by atoms with Gasteiger partial charge in [0.25, 0.3) is 0 Å². The van der Waals surface area contributed by atoms with Crippen LogP contribution in [0.3, 0.4) is 0 Å². The molecule has 2 saturated heterocycles. The molecule has 0 aromatic carbocycles. The summed E-state index contributed by atoms with van der Waals surface area (Å²) in [5.74, 6) is 0.874. The number of rotatable bonds is 4. The molecule has 0 aromatic rings. The van der Waals surface area contributed by atoms with E-state index in [9.17, 15) is 13.2 Å². The molecule has 3 aliphatic rings. The van der Waals surface area contributed by atoms with Gasteiger partial charge in [-0.25, -0.2) is 8.42 Å². The Hall–Kier alpha value is -0.620. The van der Waals surface area contributed by atoms with Crippen LogP contribution in [0.25, 0.3) is 0 Å². The van der Waals surface area contributed by atoms with E-state index in [-0.39, 0.29) is 35.0 Å². The molecule has 1 spiro atoms. The minimum atomic E-state index is -2.86. The molecular formula is C13H22N2O3S. The fourth-order valence-corrected chi connectivity index (χ4v) is 5.21. The van der Waals surface area contributed by atoms with Crippen LogP contribution in [0.1, 0.15) is 39.0 Å². The molecular weight excluding hydrogens is 264 g/mol. The fourth-order valence-electron chi connectivity index (χ4n) is 3.36. The van der Waals surface area contributed by atoms with E-state index < -0.39 is 9.84 Å². The van der Waals surface area contributed by atoms with E-state index in [2.05, 4.69) is 12.2 Å². The Kier molecular flexibility index (Phi) is 3.13. The molecule has 6 heteroatoms. The van der Waals surface area contributed by atoms with Crippen molar-refractivity contribution in [2.45, 2.75) is 50.7 Å². The van der Waals surface area contributed by atoms with Crippen molar-refractivity contribution in [3.05, 3.63) is 0 Å². The van der Waals surface area contributed by atoms with Gasteiger partial charge in [0.05, 0.1) is 23.2 Å². The summed E-state index contributed by atoms with van der Waals surface area (Å²) in [7, 11) is -2.86. The second-order valence-electron chi connectivity index (χ2n) is 6.26. The van der Waals surface area contributed by atoms with Crippen LogP contribution in [0.2, 0.25) is 0 Å². The predicted molar refractivity (Wildman–Crippen MR) is 72.3 cm³/mol. The molecule has 0 radical (unpaired) electrons. The quantitative estimate of drug-likeness (QED) is 0.818. The monoisotopic (exact) mass is 286 g/mol. The average molecular weight is 286 g/mol. The van der Waals surface area contributed by atoms with E-state index in [1.807, 2.05) is 4.90 Å². The fraction of sp³-hybridized carbons (Fsp3) is 0.923. The van der Waals surface area contributed by atoms with Gasteiger partial charge in [-0.3, -0.25) is 10.1 Å². The second-order valence-corrected chi connectivity index (χ2v) is 8.49. The van der Waals surface area contributed by atoms with E-state index >= 15 is 0 Å². The van der Waals surface area contributed by atoms with Crippen molar-refractivity contribution in [2.75, 3.05) is 18.1 Å². The molecule has 108 valence electrons. The van der Waals surface area contributed by atoms with Crippen LogP contribution in [-0.4, -0.2) is 49.0 Å². The van der Waals surface area contributed by atoms with Gasteiger partial charge in [0.1, 0.15) is 0 Å². The first kappa shape index (κ1) is 13.4. The molecule has 2 aliphatic heterocycles. The highest BCUT2D eigenvalue weighted by Gasteiger charge is 2.59. The minimum absolute atomic E-state index is 0.114. The molecule has 5 nitrogen and oxygen atoms in total. The third kappa shape index (κ3) is 2.40. The molecule has 0 bridgehead atoms. The van der Waals surface area contributed by atoms with Crippen LogP contribution >= 0.6 is 0 Å². The molecule has 3 rings (SSSR count). The average Bonchev–Trinajstić information content (AvgIpc) is 2.98. The van der Waals surface area contributed by atoms with Crippen LogP contribution in [0.5, 0.6) is 0 Å². The van der Waals surface area contributed by atoms with Crippen LogP contribution in [0, 0.1) is 5.92 Å². The van der Waals surface area contributed by atoms with Gasteiger partial charge in [-0.05, 0) is 31.6 Å². The lowest BCUT2D eigenvalue weighted by molar-refractivity contribution is -0.131. The van der Waals surface area contributed by atoms with Gasteiger partial charge < -0.3 is 4.90 Å². The van der Waals surface area contributed by atoms with Crippen LogP contribution < -0.4 is 5.32 Å². The lowest BCUT2D eigenvalue weighted by atomic mass is 10.1. The van der Waals surface area contributed by atoms with E-state index in [0.717, 1.165) is 25.7 Å². The summed E-state index contributed by atoms with van der Waals surface area (Å²) in [6.45, 7) is 2.72. The predicted octanol–water partition coefficient (Wildman–Crippen LogP) is 0.512. The summed E-state index contributed by atoms with van der Waals surface area (Å²) in [5.41, 5.74) is -0.280. The van der Waals surface area contributed by atoms with Crippen molar-refractivity contribution >= 4 is 15.7 Å². The molecule has 2 unspecified atom stereocenters. The molecule has 1 N–H and O–H groups in total. The summed E-state index contributed by atoms with van der Waals surface area (Å²) >= 11 is 0. The SMILES string of the molecule is CCCC1NC2(CC2)C(=O)N1CC1CCS(=O)(=O)C1. The lowest BCUT2D eigenvalue weighted by Crippen LogP contribution is -2.40. The Morgan fingerprint density at radius 1 is 1.42 bits per heavy atom. The van der Waals surface area contributed by atoms with Crippen molar-refractivity contribution in [2.24, 2.45) is 5.92 Å². The number of amides is 1. The zero-order valence-corrected chi connectivity index (χ0v) is 12.2. The van der Waals surface area contributed by atoms with Gasteiger partial charge in [-0.2, -0.15) is 0 Å². The smallest absolute Gasteiger partial charge is 0.244 e. The summed E-state index contributed by atoms with van der Waals surface area (Å²) in [6, 6.07) is 0. The Morgan fingerprint density at radius 2 is 2.16 bits per heavy atom. The molecule has 2 heterocycles. The molecule has 1 amide bonds. The lowest BCUT2D eigenvalue weighted by Gasteiger charge is -2.26.